The van der Waals surface area contributed by atoms with Gasteiger partial charge >= 0.3 is 0 Å². The number of nitrogens with one attached hydrogen (secondary N) is 1. The quantitative estimate of drug-likeness (QED) is 0.639. The van der Waals surface area contributed by atoms with Gasteiger partial charge in [0.15, 0.2) is 0 Å². The topological polar surface area (TPSA) is 85.9 Å². The van der Waals surface area contributed by atoms with Crippen LogP contribution in [0.5, 0.6) is 0 Å². The molecule has 1 unspecified atom stereocenters. The molecule has 0 aliphatic carbocycles. The SMILES string of the molecule is CC(NCCc1nncn1C)c1cccc([N+](=O)[O-])c1. The van der Waals surface area contributed by atoms with Crippen LogP contribution in [-0.2, 0) is 13.5 Å². The monoisotopic (exact) mass is 275 g/mol. The van der Waals surface area contributed by atoms with E-state index in [1.54, 1.807) is 18.5 Å². The van der Waals surface area contributed by atoms with Crippen molar-refractivity contribution in [2.24, 2.45) is 7.05 Å². The van der Waals surface area contributed by atoms with Crippen molar-refractivity contribution in [1.29, 1.82) is 0 Å². The summed E-state index contributed by atoms with van der Waals surface area (Å²) in [5, 5.41) is 21.9. The van der Waals surface area contributed by atoms with Crippen LogP contribution in [0.3, 0.4) is 0 Å². The second-order valence-electron chi connectivity index (χ2n) is 4.64. The number of nitro benzene ring substituents is 1. The minimum atomic E-state index is -0.379. The maximum atomic E-state index is 10.7. The molecule has 0 fully saturated rings. The highest BCUT2D eigenvalue weighted by atomic mass is 16.6. The largest absolute Gasteiger partial charge is 0.321 e. The molecule has 1 N–H and O–H groups in total. The van der Waals surface area contributed by atoms with Crippen LogP contribution in [0.15, 0.2) is 30.6 Å². The van der Waals surface area contributed by atoms with Gasteiger partial charge in [-0.05, 0) is 12.5 Å². The van der Waals surface area contributed by atoms with Crippen LogP contribution in [0.4, 0.5) is 5.69 Å². The van der Waals surface area contributed by atoms with Gasteiger partial charge in [0, 0.05) is 38.2 Å². The molecule has 1 heterocycles. The normalized spacial score (nSPS) is 12.3. The van der Waals surface area contributed by atoms with Gasteiger partial charge in [0.2, 0.25) is 0 Å². The van der Waals surface area contributed by atoms with Gasteiger partial charge in [-0.2, -0.15) is 0 Å². The maximum absolute atomic E-state index is 10.7. The van der Waals surface area contributed by atoms with Crippen molar-refractivity contribution < 1.29 is 4.92 Å². The van der Waals surface area contributed by atoms with Crippen LogP contribution in [0.25, 0.3) is 0 Å². The van der Waals surface area contributed by atoms with Crippen LogP contribution in [0.1, 0.15) is 24.4 Å². The first kappa shape index (κ1) is 14.1. The molecule has 0 amide bonds. The lowest BCUT2D eigenvalue weighted by atomic mass is 10.1. The summed E-state index contributed by atoms with van der Waals surface area (Å²) in [6, 6.07) is 6.72. The second kappa shape index (κ2) is 6.25. The van der Waals surface area contributed by atoms with Gasteiger partial charge in [0.25, 0.3) is 5.69 Å². The molecular formula is C13H17N5O2. The number of hydrogen-bond acceptors (Lipinski definition) is 5. The molecule has 0 saturated heterocycles. The fourth-order valence-corrected chi connectivity index (χ4v) is 1.96. The summed E-state index contributed by atoms with van der Waals surface area (Å²) in [4.78, 5) is 10.4. The molecule has 0 bridgehead atoms. The second-order valence-corrected chi connectivity index (χ2v) is 4.64. The van der Waals surface area contributed by atoms with Crippen LogP contribution >= 0.6 is 0 Å². The highest BCUT2D eigenvalue weighted by Gasteiger charge is 2.10. The molecule has 106 valence electrons. The number of nitro groups is 1. The van der Waals surface area contributed by atoms with Gasteiger partial charge in [-0.1, -0.05) is 12.1 Å². The Morgan fingerprint density at radius 1 is 1.50 bits per heavy atom. The first-order valence-corrected chi connectivity index (χ1v) is 6.38. The van der Waals surface area contributed by atoms with Crippen LogP contribution in [0.2, 0.25) is 0 Å². The van der Waals surface area contributed by atoms with Gasteiger partial charge in [0.1, 0.15) is 12.2 Å². The number of non-ortho nitro benzene ring substituents is 1. The van der Waals surface area contributed by atoms with Crippen molar-refractivity contribution in [1.82, 2.24) is 20.1 Å². The molecule has 7 nitrogen and oxygen atoms in total. The number of aryl methyl sites for hydroxylation is 1. The van der Waals surface area contributed by atoms with Crippen molar-refractivity contribution >= 4 is 5.69 Å². The molecule has 1 aromatic heterocycles. The first-order chi connectivity index (χ1) is 9.58. The molecule has 0 aliphatic rings. The van der Waals surface area contributed by atoms with E-state index >= 15 is 0 Å². The van der Waals surface area contributed by atoms with Crippen molar-refractivity contribution in [2.45, 2.75) is 19.4 Å². The standard InChI is InChI=1S/C13H17N5O2/c1-10(11-4-3-5-12(8-11)18(19)20)14-7-6-13-16-15-9-17(13)2/h3-5,8-10,14H,6-7H2,1-2H3. The van der Waals surface area contributed by atoms with E-state index in [1.807, 2.05) is 24.6 Å². The fourth-order valence-electron chi connectivity index (χ4n) is 1.96. The molecule has 0 spiro atoms. The summed E-state index contributed by atoms with van der Waals surface area (Å²) in [5.41, 5.74) is 1.02. The zero-order valence-corrected chi connectivity index (χ0v) is 11.5. The van der Waals surface area contributed by atoms with E-state index in [4.69, 9.17) is 0 Å². The Hall–Kier alpha value is -2.28. The van der Waals surface area contributed by atoms with Gasteiger partial charge in [-0.3, -0.25) is 10.1 Å². The van der Waals surface area contributed by atoms with Gasteiger partial charge in [0.05, 0.1) is 4.92 Å². The third-order valence-corrected chi connectivity index (χ3v) is 3.19. The molecule has 7 heteroatoms. The Kier molecular flexibility index (Phi) is 4.41. The predicted octanol–water partition coefficient (Wildman–Crippen LogP) is 1.62. The van der Waals surface area contributed by atoms with Gasteiger partial charge in [-0.25, -0.2) is 0 Å². The Labute approximate surface area is 116 Å². The van der Waals surface area contributed by atoms with Gasteiger partial charge in [-0.15, -0.1) is 10.2 Å². The number of rotatable bonds is 6. The Morgan fingerprint density at radius 3 is 2.95 bits per heavy atom. The summed E-state index contributed by atoms with van der Waals surface area (Å²) in [7, 11) is 1.90. The highest BCUT2D eigenvalue weighted by molar-refractivity contribution is 5.35. The lowest BCUT2D eigenvalue weighted by molar-refractivity contribution is -0.384. The van der Waals surface area contributed by atoms with Crippen molar-refractivity contribution in [3.63, 3.8) is 0 Å². The Bertz CT molecular complexity index is 596. The number of benzene rings is 1. The van der Waals surface area contributed by atoms with Crippen molar-refractivity contribution in [3.05, 3.63) is 52.1 Å². The Morgan fingerprint density at radius 2 is 2.30 bits per heavy atom. The maximum Gasteiger partial charge on any atom is 0.269 e. The van der Waals surface area contributed by atoms with Gasteiger partial charge < -0.3 is 9.88 Å². The molecule has 1 aromatic carbocycles. The van der Waals surface area contributed by atoms with Crippen LogP contribution in [0, 0.1) is 10.1 Å². The van der Waals surface area contributed by atoms with Crippen LogP contribution in [-0.4, -0.2) is 26.2 Å². The van der Waals surface area contributed by atoms with E-state index in [1.165, 1.54) is 6.07 Å². The van der Waals surface area contributed by atoms with Crippen molar-refractivity contribution in [3.8, 4) is 0 Å². The van der Waals surface area contributed by atoms with Crippen LogP contribution < -0.4 is 5.32 Å². The zero-order valence-electron chi connectivity index (χ0n) is 11.5. The molecule has 0 saturated carbocycles. The summed E-state index contributed by atoms with van der Waals surface area (Å²) in [5.74, 6) is 0.906. The smallest absolute Gasteiger partial charge is 0.269 e. The fraction of sp³-hybridized carbons (Fsp3) is 0.385. The third-order valence-electron chi connectivity index (χ3n) is 3.19. The molecule has 2 rings (SSSR count). The van der Waals surface area contributed by atoms with E-state index in [-0.39, 0.29) is 16.7 Å². The molecular weight excluding hydrogens is 258 g/mol. The molecule has 1 atom stereocenters. The molecule has 2 aromatic rings. The molecule has 0 radical (unpaired) electrons. The summed E-state index contributed by atoms with van der Waals surface area (Å²) >= 11 is 0. The average Bonchev–Trinajstić information content (AvgIpc) is 2.84. The summed E-state index contributed by atoms with van der Waals surface area (Å²) in [6.45, 7) is 2.71. The average molecular weight is 275 g/mol. The highest BCUT2D eigenvalue weighted by Crippen LogP contribution is 2.18. The first-order valence-electron chi connectivity index (χ1n) is 6.38. The molecule has 0 aliphatic heterocycles. The minimum absolute atomic E-state index is 0.0446. The lowest BCUT2D eigenvalue weighted by Crippen LogP contribution is -2.22. The number of nitrogens with zero attached hydrogens (tertiary/aromatic N) is 4. The minimum Gasteiger partial charge on any atom is -0.321 e. The molecule has 20 heavy (non-hydrogen) atoms. The van der Waals surface area contributed by atoms with E-state index in [0.717, 1.165) is 24.4 Å². The van der Waals surface area contributed by atoms with E-state index < -0.39 is 0 Å². The van der Waals surface area contributed by atoms with E-state index in [9.17, 15) is 10.1 Å². The number of aromatic nitrogens is 3. The predicted molar refractivity (Wildman–Crippen MR) is 74.2 cm³/mol. The van der Waals surface area contributed by atoms with E-state index in [0.29, 0.717) is 0 Å². The van der Waals surface area contributed by atoms with Crippen molar-refractivity contribution in [2.75, 3.05) is 6.54 Å². The Balaban J connectivity index is 1.91. The summed E-state index contributed by atoms with van der Waals surface area (Å²) in [6.07, 6.45) is 2.43. The van der Waals surface area contributed by atoms with E-state index in [2.05, 4.69) is 15.5 Å². The summed E-state index contributed by atoms with van der Waals surface area (Å²) < 4.78 is 1.87. The third kappa shape index (κ3) is 3.39. The number of hydrogen-bond donors (Lipinski definition) is 1. The lowest BCUT2D eigenvalue weighted by Gasteiger charge is -2.13. The zero-order chi connectivity index (χ0) is 14.5.